The first kappa shape index (κ1) is 21.7. The van der Waals surface area contributed by atoms with Gasteiger partial charge in [0.2, 0.25) is 11.0 Å². The van der Waals surface area contributed by atoms with Crippen LogP contribution < -0.4 is 9.13 Å². The number of aromatic nitrogens is 2. The zero-order chi connectivity index (χ0) is 15.8. The second kappa shape index (κ2) is 9.54. The number of nitrogens with zero attached hydrogens (tertiary/aromatic N) is 2. The van der Waals surface area contributed by atoms with Crippen LogP contribution in [0.3, 0.4) is 0 Å². The van der Waals surface area contributed by atoms with Crippen molar-refractivity contribution < 1.29 is 9.13 Å². The van der Waals surface area contributed by atoms with E-state index in [0.717, 1.165) is 5.08 Å². The van der Waals surface area contributed by atoms with Crippen molar-refractivity contribution in [2.24, 2.45) is 14.1 Å². The summed E-state index contributed by atoms with van der Waals surface area (Å²) >= 11 is 7.60. The highest BCUT2D eigenvalue weighted by Crippen LogP contribution is 2.34. The monoisotopic (exact) mass is 632 g/mol. The van der Waals surface area contributed by atoms with E-state index in [2.05, 4.69) is 71.8 Å². The first-order valence-corrected chi connectivity index (χ1v) is 10.8. The van der Waals surface area contributed by atoms with E-state index in [-0.39, 0.29) is 48.0 Å². The molecule has 4 rings (SSSR count). The molecular formula is C17H18I2N2S4+2. The molecule has 0 saturated carbocycles. The number of benzene rings is 2. The van der Waals surface area contributed by atoms with E-state index >= 15 is 0 Å². The van der Waals surface area contributed by atoms with Crippen LogP contribution in [0.2, 0.25) is 0 Å². The number of rotatable bonds is 4. The molecule has 4 aromatic rings. The summed E-state index contributed by atoms with van der Waals surface area (Å²) in [4.78, 5) is 0. The molecule has 0 unspecified atom stereocenters. The Morgan fingerprint density at radius 2 is 1.12 bits per heavy atom. The zero-order valence-corrected chi connectivity index (χ0v) is 21.6. The minimum atomic E-state index is 0. The Labute approximate surface area is 198 Å². The van der Waals surface area contributed by atoms with Gasteiger partial charge < -0.3 is 0 Å². The zero-order valence-electron chi connectivity index (χ0n) is 13.7. The summed E-state index contributed by atoms with van der Waals surface area (Å²) in [5.74, 6) is 0. The van der Waals surface area contributed by atoms with Crippen molar-refractivity contribution in [3.05, 3.63) is 48.5 Å². The van der Waals surface area contributed by atoms with E-state index in [1.54, 1.807) is 0 Å². The summed E-state index contributed by atoms with van der Waals surface area (Å²) < 4.78 is 10.0. The molecule has 8 heteroatoms. The van der Waals surface area contributed by atoms with Crippen LogP contribution in [-0.2, 0) is 14.1 Å². The predicted octanol–water partition coefficient (Wildman–Crippen LogP) is 5.84. The van der Waals surface area contributed by atoms with Gasteiger partial charge in [0, 0.05) is 12.1 Å². The molecule has 0 aliphatic heterocycles. The number of halogens is 2. The highest BCUT2D eigenvalue weighted by Gasteiger charge is 2.20. The van der Waals surface area contributed by atoms with Crippen molar-refractivity contribution in [1.29, 1.82) is 0 Å². The average Bonchev–Trinajstić information content (AvgIpc) is 3.07. The van der Waals surface area contributed by atoms with Crippen molar-refractivity contribution in [2.45, 2.75) is 8.68 Å². The maximum absolute atomic E-state index is 2.30. The van der Waals surface area contributed by atoms with Crippen LogP contribution >= 0.6 is 94.2 Å². The molecule has 2 heterocycles. The highest BCUT2D eigenvalue weighted by molar-refractivity contribution is 14.0. The fourth-order valence-corrected chi connectivity index (χ4v) is 7.81. The Morgan fingerprint density at radius 3 is 1.52 bits per heavy atom. The normalized spacial score (nSPS) is 10.6. The van der Waals surface area contributed by atoms with Gasteiger partial charge in [0.1, 0.15) is 23.5 Å². The maximum Gasteiger partial charge on any atom is 0.299 e. The molecule has 25 heavy (non-hydrogen) atoms. The maximum atomic E-state index is 2.30. The first-order valence-electron chi connectivity index (χ1n) is 7.25. The van der Waals surface area contributed by atoms with Gasteiger partial charge in [0.05, 0.1) is 5.08 Å². The summed E-state index contributed by atoms with van der Waals surface area (Å²) in [5.41, 5.74) is 2.63. The smallest absolute Gasteiger partial charge is 0.179 e. The van der Waals surface area contributed by atoms with Gasteiger partial charge in [-0.1, -0.05) is 46.9 Å². The van der Waals surface area contributed by atoms with Crippen LogP contribution in [0.25, 0.3) is 20.4 Å². The summed E-state index contributed by atoms with van der Waals surface area (Å²) in [5, 5.41) is 1.03. The van der Waals surface area contributed by atoms with Crippen molar-refractivity contribution in [1.82, 2.24) is 0 Å². The lowest BCUT2D eigenvalue weighted by Gasteiger charge is -1.93. The lowest BCUT2D eigenvalue weighted by molar-refractivity contribution is -0.677. The molecule has 0 atom stereocenters. The average molecular weight is 632 g/mol. The second-order valence-corrected chi connectivity index (χ2v) is 10.1. The van der Waals surface area contributed by atoms with Crippen LogP contribution in [0.5, 0.6) is 0 Å². The Balaban J connectivity index is 0.00000113. The molecule has 0 aliphatic carbocycles. The van der Waals surface area contributed by atoms with Crippen LogP contribution in [0.4, 0.5) is 0 Å². The molecule has 2 aromatic heterocycles. The fourth-order valence-electron chi connectivity index (χ4n) is 2.55. The van der Waals surface area contributed by atoms with Gasteiger partial charge in [0.15, 0.2) is 0 Å². The molecule has 0 radical (unpaired) electrons. The summed E-state index contributed by atoms with van der Waals surface area (Å²) in [7, 11) is 4.32. The molecule has 0 spiro atoms. The minimum absolute atomic E-state index is 0. The first-order chi connectivity index (χ1) is 11.2. The molecule has 0 amide bonds. The number of para-hydroxylation sites is 2. The Hall–Kier alpha value is 0.380. The Morgan fingerprint density at radius 1 is 0.720 bits per heavy atom. The molecule has 0 fully saturated rings. The fraction of sp³-hybridized carbons (Fsp3) is 0.176. The minimum Gasteiger partial charge on any atom is -0.179 e. The lowest BCUT2D eigenvalue weighted by atomic mass is 10.3. The van der Waals surface area contributed by atoms with Gasteiger partial charge >= 0.3 is 0 Å². The van der Waals surface area contributed by atoms with E-state index in [4.69, 9.17) is 0 Å². The van der Waals surface area contributed by atoms with Gasteiger partial charge in [-0.25, -0.2) is 0 Å². The molecule has 132 valence electrons. The van der Waals surface area contributed by atoms with E-state index in [1.807, 2.05) is 46.2 Å². The van der Waals surface area contributed by atoms with E-state index in [0.29, 0.717) is 0 Å². The molecule has 0 saturated heterocycles. The molecule has 0 aliphatic rings. The van der Waals surface area contributed by atoms with Crippen LogP contribution in [-0.4, -0.2) is 5.08 Å². The van der Waals surface area contributed by atoms with Crippen molar-refractivity contribution in [3.8, 4) is 0 Å². The van der Waals surface area contributed by atoms with Crippen molar-refractivity contribution in [2.75, 3.05) is 5.08 Å². The number of fused-ring (bicyclic) bond motifs is 2. The van der Waals surface area contributed by atoms with Crippen molar-refractivity contribution >= 4 is 115 Å². The molecular weight excluding hydrogens is 614 g/mol. The van der Waals surface area contributed by atoms with E-state index in [9.17, 15) is 0 Å². The second-order valence-electron chi connectivity index (χ2n) is 5.20. The van der Waals surface area contributed by atoms with Crippen LogP contribution in [0.15, 0.2) is 57.2 Å². The molecule has 2 aromatic carbocycles. The van der Waals surface area contributed by atoms with Gasteiger partial charge in [-0.3, -0.25) is 0 Å². The van der Waals surface area contributed by atoms with Crippen molar-refractivity contribution in [3.63, 3.8) is 0 Å². The number of thioether (sulfide) groups is 2. The highest BCUT2D eigenvalue weighted by atomic mass is 127. The SMILES string of the molecule is C[n+]1c(SCSc2sc3ccccc3[n+]2C)sc2ccccc21.I.I. The third kappa shape index (κ3) is 4.45. The van der Waals surface area contributed by atoms with Gasteiger partial charge in [-0.15, -0.1) is 48.0 Å². The van der Waals surface area contributed by atoms with Gasteiger partial charge in [-0.05, 0) is 35.7 Å². The van der Waals surface area contributed by atoms with Crippen LogP contribution in [0, 0.1) is 0 Å². The standard InChI is InChI=1S/C17H16N2S4.2HI/c1-18-12-7-3-5-9-14(12)22-16(18)20-11-21-17-19(2)13-8-4-6-10-15(13)23-17;;/h3-10H,11H2,1-2H3;2*1H/q+2;;. The van der Waals surface area contributed by atoms with E-state index in [1.165, 1.54) is 29.1 Å². The third-order valence-electron chi connectivity index (χ3n) is 3.76. The van der Waals surface area contributed by atoms with Gasteiger partial charge in [0.25, 0.3) is 8.68 Å². The van der Waals surface area contributed by atoms with E-state index < -0.39 is 0 Å². The Kier molecular flexibility index (Phi) is 8.27. The Bertz CT molecular complexity index is 917. The number of thiazole rings is 2. The lowest BCUT2D eigenvalue weighted by Crippen LogP contribution is -2.28. The summed E-state index contributed by atoms with van der Waals surface area (Å²) in [6.07, 6.45) is 0. The third-order valence-corrected chi connectivity index (χ3v) is 8.98. The number of aryl methyl sites for hydroxylation is 2. The molecule has 0 N–H and O–H groups in total. The van der Waals surface area contributed by atoms with Gasteiger partial charge in [-0.2, -0.15) is 9.13 Å². The molecule has 0 bridgehead atoms. The quantitative estimate of drug-likeness (QED) is 0.121. The molecule has 2 nitrogen and oxygen atoms in total. The summed E-state index contributed by atoms with van der Waals surface area (Å²) in [6.45, 7) is 0. The summed E-state index contributed by atoms with van der Waals surface area (Å²) in [6, 6.07) is 17.2. The number of hydrogen-bond donors (Lipinski definition) is 0. The predicted molar refractivity (Wildman–Crippen MR) is 133 cm³/mol. The van der Waals surface area contributed by atoms with Crippen LogP contribution in [0.1, 0.15) is 0 Å². The largest absolute Gasteiger partial charge is 0.299 e. The topological polar surface area (TPSA) is 7.76 Å². The number of hydrogen-bond acceptors (Lipinski definition) is 4.